The Balaban J connectivity index is -0.000000653. The topological polar surface area (TPSA) is 9.23 Å². The molecule has 0 unspecified atom stereocenters. The zero-order valence-electron chi connectivity index (χ0n) is 11.4. The third-order valence-electron chi connectivity index (χ3n) is 2.81. The van der Waals surface area contributed by atoms with E-state index in [1.165, 1.54) is 6.42 Å². The van der Waals surface area contributed by atoms with Crippen molar-refractivity contribution in [3.05, 3.63) is 21.6 Å². The van der Waals surface area contributed by atoms with Crippen molar-refractivity contribution in [2.45, 2.75) is 33.8 Å². The average Bonchev–Trinajstić information content (AvgIpc) is 2.45. The third-order valence-corrected chi connectivity index (χ3v) is 7.40. The zero-order chi connectivity index (χ0) is 10.8. The van der Waals surface area contributed by atoms with Gasteiger partial charge in [0, 0.05) is 0 Å². The molecule has 0 aromatic rings. The first-order valence-electron chi connectivity index (χ1n) is 5.43. The summed E-state index contributed by atoms with van der Waals surface area (Å²) in [6.45, 7) is 0.853. The number of rotatable bonds is 4. The molecule has 0 bridgehead atoms. The van der Waals surface area contributed by atoms with Gasteiger partial charge >= 0.3 is 89.1 Å². The molecule has 0 radical (unpaired) electrons. The van der Waals surface area contributed by atoms with Gasteiger partial charge in [-0.05, 0) is 0 Å². The van der Waals surface area contributed by atoms with Gasteiger partial charge in [0.1, 0.15) is 0 Å². The SMILES string of the molecule is COCCC1=[C]([Ti]([CH3])([CH3])([CH3])[CH3])CC=C1.Cl.Cl.Cl. The molecule has 0 spiro atoms. The molecule has 0 aromatic heterocycles. The van der Waals surface area contributed by atoms with Crippen molar-refractivity contribution in [2.24, 2.45) is 0 Å². The van der Waals surface area contributed by atoms with Gasteiger partial charge in [-0.1, -0.05) is 0 Å². The van der Waals surface area contributed by atoms with Gasteiger partial charge in [-0.25, -0.2) is 0 Å². The second-order valence-corrected chi connectivity index (χ2v) is 19.8. The molecule has 0 aromatic carbocycles. The Morgan fingerprint density at radius 1 is 1.12 bits per heavy atom. The summed E-state index contributed by atoms with van der Waals surface area (Å²) in [5, 5.41) is 9.97. The van der Waals surface area contributed by atoms with Crippen molar-refractivity contribution in [3.63, 3.8) is 0 Å². The fraction of sp³-hybridized carbons (Fsp3) is 0.667. The molecule has 105 valence electrons. The van der Waals surface area contributed by atoms with E-state index < -0.39 is 15.3 Å². The standard InChI is InChI=1S/C8H11O.4CH3.3ClH.Ti/c1-9-7-6-8-4-2-3-5-8;;;;;;;;/h2,4H,3,6-7H2,1H3;4*1H3;3*1H;. The van der Waals surface area contributed by atoms with Crippen LogP contribution in [0.15, 0.2) is 21.6 Å². The number of halogens is 3. The average molecular weight is 341 g/mol. The molecule has 0 saturated heterocycles. The molecule has 5 heteroatoms. The molecule has 1 nitrogen and oxygen atoms in total. The Morgan fingerprint density at radius 3 is 2.06 bits per heavy atom. The van der Waals surface area contributed by atoms with E-state index in [4.69, 9.17) is 4.74 Å². The molecular formula is C12H26Cl3OTi. The van der Waals surface area contributed by atoms with Crippen LogP contribution in [0.2, 0.25) is 20.9 Å². The van der Waals surface area contributed by atoms with Gasteiger partial charge in [0.15, 0.2) is 0 Å². The molecule has 0 saturated carbocycles. The van der Waals surface area contributed by atoms with Crippen LogP contribution in [0.3, 0.4) is 0 Å². The smallest absolute Gasteiger partial charge is 0.147 e. The van der Waals surface area contributed by atoms with Gasteiger partial charge in [0.25, 0.3) is 0 Å². The zero-order valence-corrected chi connectivity index (χ0v) is 15.4. The maximum Gasteiger partial charge on any atom is -0.147 e. The molecule has 17 heavy (non-hydrogen) atoms. The second-order valence-electron chi connectivity index (χ2n) is 6.35. The Hall–Kier alpha value is 1.02. The van der Waals surface area contributed by atoms with E-state index in [0.717, 1.165) is 13.0 Å². The summed E-state index contributed by atoms with van der Waals surface area (Å²) in [5.41, 5.74) is 1.55. The normalized spacial score (nSPS) is 16.4. The van der Waals surface area contributed by atoms with Gasteiger partial charge in [-0.3, -0.25) is 0 Å². The third kappa shape index (κ3) is 7.25. The Bertz CT molecular complexity index is 281. The number of methoxy groups -OCH3 is 1. The molecular weight excluding hydrogens is 314 g/mol. The van der Waals surface area contributed by atoms with Crippen molar-refractivity contribution >= 4 is 37.2 Å². The molecule has 1 rings (SSSR count). The number of ether oxygens (including phenoxy) is 1. The van der Waals surface area contributed by atoms with Gasteiger partial charge in [0.05, 0.1) is 0 Å². The van der Waals surface area contributed by atoms with Gasteiger partial charge < -0.3 is 0 Å². The summed E-state index contributed by atoms with van der Waals surface area (Å²) in [5.74, 6) is 0. The minimum atomic E-state index is -2.21. The predicted octanol–water partition coefficient (Wildman–Crippen LogP) is 5.38. The first-order valence-corrected chi connectivity index (χ1v) is 12.5. The molecule has 0 fully saturated rings. The monoisotopic (exact) mass is 339 g/mol. The van der Waals surface area contributed by atoms with Crippen molar-refractivity contribution < 1.29 is 20.0 Å². The van der Waals surface area contributed by atoms with E-state index in [2.05, 4.69) is 33.1 Å². The van der Waals surface area contributed by atoms with E-state index >= 15 is 0 Å². The molecule has 1 aliphatic rings. The summed E-state index contributed by atoms with van der Waals surface area (Å²) in [6.07, 6.45) is 6.89. The first kappa shape index (κ1) is 23.1. The summed E-state index contributed by atoms with van der Waals surface area (Å²) in [6, 6.07) is 0. The fourth-order valence-electron chi connectivity index (χ4n) is 2.05. The molecule has 0 aliphatic heterocycles. The van der Waals surface area contributed by atoms with E-state index in [1.807, 2.05) is 0 Å². The second kappa shape index (κ2) is 8.25. The molecule has 0 atom stereocenters. The van der Waals surface area contributed by atoms with Gasteiger partial charge in [0.2, 0.25) is 0 Å². The summed E-state index contributed by atoms with van der Waals surface area (Å²) >= 11 is -2.21. The number of allylic oxidation sites excluding steroid dienone is 3. The van der Waals surface area contributed by atoms with Crippen molar-refractivity contribution in [1.82, 2.24) is 0 Å². The number of hydrogen-bond acceptors (Lipinski definition) is 1. The summed E-state index contributed by atoms with van der Waals surface area (Å²) < 4.78 is 6.90. The van der Waals surface area contributed by atoms with Crippen LogP contribution in [0.25, 0.3) is 0 Å². The molecule has 0 N–H and O–H groups in total. The van der Waals surface area contributed by atoms with Gasteiger partial charge in [-0.2, -0.15) is 0 Å². The minimum Gasteiger partial charge on any atom is -0.147 e. The van der Waals surface area contributed by atoms with Crippen LogP contribution in [0, 0.1) is 0 Å². The molecule has 1 aliphatic carbocycles. The molecule has 0 heterocycles. The quantitative estimate of drug-likeness (QED) is 0.624. The van der Waals surface area contributed by atoms with E-state index in [0.29, 0.717) is 0 Å². The van der Waals surface area contributed by atoms with E-state index in [1.54, 1.807) is 16.6 Å². The Kier molecular flexibility index (Phi) is 11.2. The van der Waals surface area contributed by atoms with Crippen LogP contribution in [0.4, 0.5) is 0 Å². The molecule has 0 amide bonds. The minimum absolute atomic E-state index is 0. The van der Waals surface area contributed by atoms with Crippen LogP contribution in [-0.2, 0) is 20.0 Å². The van der Waals surface area contributed by atoms with Crippen LogP contribution in [0.5, 0.6) is 0 Å². The predicted molar refractivity (Wildman–Crippen MR) is 82.5 cm³/mol. The van der Waals surface area contributed by atoms with Crippen molar-refractivity contribution in [3.8, 4) is 0 Å². The summed E-state index contributed by atoms with van der Waals surface area (Å²) in [7, 11) is 1.78. The van der Waals surface area contributed by atoms with Crippen LogP contribution >= 0.6 is 37.2 Å². The van der Waals surface area contributed by atoms with Gasteiger partial charge in [-0.15, -0.1) is 37.2 Å². The Morgan fingerprint density at radius 2 is 1.65 bits per heavy atom. The van der Waals surface area contributed by atoms with Crippen LogP contribution < -0.4 is 0 Å². The van der Waals surface area contributed by atoms with E-state index in [-0.39, 0.29) is 37.2 Å². The van der Waals surface area contributed by atoms with Crippen LogP contribution in [-0.4, -0.2) is 13.7 Å². The maximum atomic E-state index is 5.15. The van der Waals surface area contributed by atoms with Crippen molar-refractivity contribution in [1.29, 1.82) is 0 Å². The Labute approximate surface area is 126 Å². The summed E-state index contributed by atoms with van der Waals surface area (Å²) in [4.78, 5) is 0. The largest absolute Gasteiger partial charge is 0.147 e. The van der Waals surface area contributed by atoms with Crippen LogP contribution in [0.1, 0.15) is 12.8 Å². The van der Waals surface area contributed by atoms with Crippen molar-refractivity contribution in [2.75, 3.05) is 13.7 Å². The number of hydrogen-bond donors (Lipinski definition) is 0. The maximum absolute atomic E-state index is 5.15. The fourth-order valence-corrected chi connectivity index (χ4v) is 5.84. The first-order chi connectivity index (χ1) is 6.31. The van der Waals surface area contributed by atoms with E-state index in [9.17, 15) is 0 Å².